The molecule has 1 unspecified atom stereocenters. The third-order valence-corrected chi connectivity index (χ3v) is 9.57. The Morgan fingerprint density at radius 1 is 0.553 bits per heavy atom. The Hall–Kier alpha value is -0.970. The van der Waals surface area contributed by atoms with Crippen molar-refractivity contribution in [1.29, 1.82) is 0 Å². The largest absolute Gasteiger partial charge is 0.756 e. The third-order valence-electron chi connectivity index (χ3n) is 8.52. The van der Waals surface area contributed by atoms with Crippen molar-refractivity contribution >= 4 is 7.82 Å². The quantitative estimate of drug-likeness (QED) is 0.0375. The second-order valence-electron chi connectivity index (χ2n) is 13.6. The van der Waals surface area contributed by atoms with Gasteiger partial charge < -0.3 is 18.8 Å². The first kappa shape index (κ1) is 46.0. The number of nitrogens with zero attached hydrogens (tertiary/aromatic N) is 1. The molecular weight excluding hydrogens is 601 g/mol. The summed E-state index contributed by atoms with van der Waals surface area (Å²) in [5.41, 5.74) is 0. The van der Waals surface area contributed by atoms with E-state index in [1.807, 2.05) is 19.0 Å². The Bertz CT molecular complexity index is 759. The van der Waals surface area contributed by atoms with Gasteiger partial charge in [-0.3, -0.25) is 4.57 Å². The molecular formula is C41H77NO4P-. The molecule has 0 N–H and O–H groups in total. The van der Waals surface area contributed by atoms with E-state index in [2.05, 4.69) is 62.5 Å². The molecule has 0 aromatic rings. The van der Waals surface area contributed by atoms with Gasteiger partial charge in [-0.1, -0.05) is 152 Å². The lowest BCUT2D eigenvalue weighted by molar-refractivity contribution is -0.230. The highest BCUT2D eigenvalue weighted by molar-refractivity contribution is 7.45. The molecule has 5 nitrogen and oxygen atoms in total. The SMILES string of the molecule is CCCCC/C=C\C/C=C\CCCCCCCCC(CCCCCCCC/C=C\C/C=C\CCCCC)OP(=O)([O-])OCCN(C)C. The van der Waals surface area contributed by atoms with Crippen LogP contribution in [0.2, 0.25) is 0 Å². The van der Waals surface area contributed by atoms with E-state index in [4.69, 9.17) is 9.05 Å². The fourth-order valence-corrected chi connectivity index (χ4v) is 6.46. The molecule has 0 aromatic heterocycles. The molecule has 1 atom stereocenters. The maximum Gasteiger partial charge on any atom is 0.268 e. The van der Waals surface area contributed by atoms with Gasteiger partial charge in [-0.15, -0.1) is 0 Å². The molecule has 6 heteroatoms. The first-order valence-corrected chi connectivity index (χ1v) is 21.3. The lowest BCUT2D eigenvalue weighted by atomic mass is 10.0. The minimum atomic E-state index is -4.29. The highest BCUT2D eigenvalue weighted by atomic mass is 31.2. The fraction of sp³-hybridized carbons (Fsp3) is 0.805. The van der Waals surface area contributed by atoms with E-state index in [0.717, 1.165) is 51.4 Å². The van der Waals surface area contributed by atoms with Crippen LogP contribution in [0.25, 0.3) is 0 Å². The number of phosphoric ester groups is 1. The summed E-state index contributed by atoms with van der Waals surface area (Å²) in [7, 11) is -0.480. The van der Waals surface area contributed by atoms with Crippen molar-refractivity contribution in [3.05, 3.63) is 48.6 Å². The molecule has 0 saturated carbocycles. The van der Waals surface area contributed by atoms with Crippen LogP contribution < -0.4 is 4.89 Å². The van der Waals surface area contributed by atoms with Crippen LogP contribution >= 0.6 is 7.82 Å². The number of rotatable bonds is 36. The third kappa shape index (κ3) is 37.7. The van der Waals surface area contributed by atoms with Crippen LogP contribution in [-0.4, -0.2) is 38.3 Å². The second-order valence-corrected chi connectivity index (χ2v) is 14.9. The Labute approximate surface area is 293 Å². The van der Waals surface area contributed by atoms with Gasteiger partial charge in [-0.25, -0.2) is 0 Å². The molecule has 0 bridgehead atoms. The Kier molecular flexibility index (Phi) is 35.6. The van der Waals surface area contributed by atoms with Crippen LogP contribution in [0.4, 0.5) is 0 Å². The Morgan fingerprint density at radius 3 is 1.30 bits per heavy atom. The maximum atomic E-state index is 12.5. The van der Waals surface area contributed by atoms with Crippen molar-refractivity contribution in [3.8, 4) is 0 Å². The van der Waals surface area contributed by atoms with Crippen molar-refractivity contribution in [1.82, 2.24) is 4.90 Å². The number of allylic oxidation sites excluding steroid dienone is 8. The molecule has 0 radical (unpaired) electrons. The zero-order chi connectivity index (χ0) is 34.5. The van der Waals surface area contributed by atoms with Crippen molar-refractivity contribution in [2.75, 3.05) is 27.2 Å². The van der Waals surface area contributed by atoms with Crippen LogP contribution in [0.15, 0.2) is 48.6 Å². The monoisotopic (exact) mass is 679 g/mol. The van der Waals surface area contributed by atoms with E-state index < -0.39 is 7.82 Å². The maximum absolute atomic E-state index is 12.5. The molecule has 0 rings (SSSR count). The Balaban J connectivity index is 4.14. The van der Waals surface area contributed by atoms with Gasteiger partial charge in [-0.05, 0) is 91.1 Å². The second kappa shape index (κ2) is 36.3. The summed E-state index contributed by atoms with van der Waals surface area (Å²) in [5.74, 6) is 0. The van der Waals surface area contributed by atoms with Crippen LogP contribution in [-0.2, 0) is 13.6 Å². The van der Waals surface area contributed by atoms with Crippen LogP contribution in [0.3, 0.4) is 0 Å². The zero-order valence-electron chi connectivity index (χ0n) is 31.5. The fourth-order valence-electron chi connectivity index (χ4n) is 5.52. The van der Waals surface area contributed by atoms with Gasteiger partial charge in [0, 0.05) is 6.54 Å². The molecule has 0 aromatic carbocycles. The van der Waals surface area contributed by atoms with Gasteiger partial charge in [0.1, 0.15) is 0 Å². The first-order chi connectivity index (χ1) is 22.9. The predicted molar refractivity (Wildman–Crippen MR) is 205 cm³/mol. The number of likely N-dealkylation sites (N-methyl/N-ethyl adjacent to an activating group) is 1. The highest BCUT2D eigenvalue weighted by Gasteiger charge is 2.18. The van der Waals surface area contributed by atoms with E-state index in [1.54, 1.807) is 0 Å². The first-order valence-electron chi connectivity index (χ1n) is 19.8. The lowest BCUT2D eigenvalue weighted by Gasteiger charge is -2.29. The lowest BCUT2D eigenvalue weighted by Crippen LogP contribution is -2.22. The zero-order valence-corrected chi connectivity index (χ0v) is 32.4. The summed E-state index contributed by atoms with van der Waals surface area (Å²) >= 11 is 0. The number of phosphoric acid groups is 1. The van der Waals surface area contributed by atoms with Crippen LogP contribution in [0, 0.1) is 0 Å². The van der Waals surface area contributed by atoms with Gasteiger partial charge in [-0.2, -0.15) is 0 Å². The summed E-state index contributed by atoms with van der Waals surface area (Å²) in [6.07, 6.45) is 48.7. The standard InChI is InChI=1S/C41H78NO4P/c1-5-7-9-11-13-15-17-19-21-23-25-27-29-31-33-35-37-41(46-47(43,44)45-40-39-42(3)4)38-36-34-32-30-28-26-24-22-20-18-16-14-12-10-8-6-2/h13-16,19-22,41H,5-12,17-18,23-40H2,1-4H3,(H,43,44)/p-1/b15-13-,16-14-,21-19-,22-20-. The summed E-state index contributed by atoms with van der Waals surface area (Å²) in [5, 5.41) is 0. The van der Waals surface area contributed by atoms with Crippen LogP contribution in [0.1, 0.15) is 181 Å². The molecule has 0 heterocycles. The van der Waals surface area contributed by atoms with E-state index in [9.17, 15) is 9.46 Å². The van der Waals surface area contributed by atoms with Crippen LogP contribution in [0.5, 0.6) is 0 Å². The van der Waals surface area contributed by atoms with Crippen molar-refractivity contribution in [3.63, 3.8) is 0 Å². The topological polar surface area (TPSA) is 61.8 Å². The van der Waals surface area contributed by atoms with Crippen molar-refractivity contribution in [2.45, 2.75) is 187 Å². The van der Waals surface area contributed by atoms with E-state index >= 15 is 0 Å². The minimum absolute atomic E-state index is 0.135. The van der Waals surface area contributed by atoms with E-state index in [-0.39, 0.29) is 12.7 Å². The van der Waals surface area contributed by atoms with E-state index in [0.29, 0.717) is 6.54 Å². The summed E-state index contributed by atoms with van der Waals surface area (Å²) in [6, 6.07) is 0. The summed E-state index contributed by atoms with van der Waals surface area (Å²) in [6.45, 7) is 5.19. The molecule has 0 aliphatic rings. The van der Waals surface area contributed by atoms with Gasteiger partial charge in [0.25, 0.3) is 7.82 Å². The van der Waals surface area contributed by atoms with E-state index in [1.165, 1.54) is 116 Å². The molecule has 0 aliphatic heterocycles. The molecule has 0 fully saturated rings. The molecule has 47 heavy (non-hydrogen) atoms. The van der Waals surface area contributed by atoms with Crippen molar-refractivity contribution < 1.29 is 18.5 Å². The van der Waals surface area contributed by atoms with Gasteiger partial charge >= 0.3 is 0 Å². The van der Waals surface area contributed by atoms with Gasteiger partial charge in [0.15, 0.2) is 0 Å². The smallest absolute Gasteiger partial charge is 0.268 e. The summed E-state index contributed by atoms with van der Waals surface area (Å²) < 4.78 is 23.3. The molecule has 0 saturated heterocycles. The highest BCUT2D eigenvalue weighted by Crippen LogP contribution is 2.41. The average Bonchev–Trinajstić information content (AvgIpc) is 3.03. The molecule has 276 valence electrons. The van der Waals surface area contributed by atoms with Gasteiger partial charge in [0.05, 0.1) is 12.7 Å². The number of hydrogen-bond donors (Lipinski definition) is 0. The molecule has 0 spiro atoms. The minimum Gasteiger partial charge on any atom is -0.756 e. The average molecular weight is 679 g/mol. The predicted octanol–water partition coefficient (Wildman–Crippen LogP) is 12.8. The summed E-state index contributed by atoms with van der Waals surface area (Å²) in [4.78, 5) is 14.4. The number of unbranched alkanes of at least 4 members (excludes halogenated alkanes) is 18. The van der Waals surface area contributed by atoms with Crippen molar-refractivity contribution in [2.24, 2.45) is 0 Å². The normalized spacial score (nSPS) is 13.9. The van der Waals surface area contributed by atoms with Gasteiger partial charge in [0.2, 0.25) is 0 Å². The number of hydrogen-bond acceptors (Lipinski definition) is 5. The molecule has 0 amide bonds. The Morgan fingerprint density at radius 2 is 0.915 bits per heavy atom. The molecule has 0 aliphatic carbocycles.